The number of aromatic nitrogens is 2. The maximum atomic E-state index is 12.3. The Bertz CT molecular complexity index is 604. The third kappa shape index (κ3) is 2.26. The zero-order chi connectivity index (χ0) is 13.4. The van der Waals surface area contributed by atoms with Gasteiger partial charge < -0.3 is 10.0 Å². The van der Waals surface area contributed by atoms with Crippen molar-refractivity contribution in [2.24, 2.45) is 0 Å². The highest BCUT2D eigenvalue weighted by Crippen LogP contribution is 2.21. The van der Waals surface area contributed by atoms with Crippen molar-refractivity contribution in [3.63, 3.8) is 0 Å². The summed E-state index contributed by atoms with van der Waals surface area (Å²) in [6.07, 6.45) is 4.24. The van der Waals surface area contributed by atoms with Gasteiger partial charge in [-0.1, -0.05) is 0 Å². The van der Waals surface area contributed by atoms with E-state index < -0.39 is 0 Å². The fraction of sp³-hybridized carbons (Fsp3) is 0.538. The quantitative estimate of drug-likeness (QED) is 0.919. The second kappa shape index (κ2) is 4.94. The highest BCUT2D eigenvalue weighted by molar-refractivity contribution is 7.15. The first-order chi connectivity index (χ1) is 9.19. The first-order valence-corrected chi connectivity index (χ1v) is 7.39. The molecule has 19 heavy (non-hydrogen) atoms. The van der Waals surface area contributed by atoms with Crippen LogP contribution in [0.3, 0.4) is 0 Å². The van der Waals surface area contributed by atoms with E-state index in [-0.39, 0.29) is 18.6 Å². The van der Waals surface area contributed by atoms with Crippen molar-refractivity contribution in [3.8, 4) is 0 Å². The topological polar surface area (TPSA) is 57.8 Å². The first-order valence-electron chi connectivity index (χ1n) is 6.51. The highest BCUT2D eigenvalue weighted by atomic mass is 32.1. The zero-order valence-electron chi connectivity index (χ0n) is 10.9. The second-order valence-corrected chi connectivity index (χ2v) is 5.84. The van der Waals surface area contributed by atoms with Gasteiger partial charge in [-0.2, -0.15) is 0 Å². The molecule has 102 valence electrons. The maximum absolute atomic E-state index is 12.3. The third-order valence-corrected chi connectivity index (χ3v) is 4.53. The number of carbonyl (C=O) groups excluding carboxylic acids is 1. The molecule has 1 atom stereocenters. The Morgan fingerprint density at radius 1 is 1.63 bits per heavy atom. The molecule has 5 nitrogen and oxygen atoms in total. The van der Waals surface area contributed by atoms with Gasteiger partial charge >= 0.3 is 0 Å². The van der Waals surface area contributed by atoms with E-state index in [9.17, 15) is 9.90 Å². The van der Waals surface area contributed by atoms with Crippen molar-refractivity contribution in [3.05, 3.63) is 23.0 Å². The molecule has 1 aliphatic rings. The second-order valence-electron chi connectivity index (χ2n) is 5.00. The van der Waals surface area contributed by atoms with Crippen LogP contribution in [0.25, 0.3) is 4.96 Å². The predicted octanol–water partition coefficient (Wildman–Crippen LogP) is 1.23. The molecule has 1 amide bonds. The van der Waals surface area contributed by atoms with E-state index in [4.69, 9.17) is 0 Å². The number of imidazole rings is 1. The minimum Gasteiger partial charge on any atom is -0.394 e. The highest BCUT2D eigenvalue weighted by Gasteiger charge is 2.28. The lowest BCUT2D eigenvalue weighted by molar-refractivity contribution is -0.132. The molecular weight excluding hydrogens is 262 g/mol. The number of fused-ring (bicyclic) bond motifs is 1. The molecule has 3 heterocycles. The predicted molar refractivity (Wildman–Crippen MR) is 73.3 cm³/mol. The monoisotopic (exact) mass is 279 g/mol. The summed E-state index contributed by atoms with van der Waals surface area (Å²) in [4.78, 5) is 19.4. The third-order valence-electron chi connectivity index (χ3n) is 3.64. The molecule has 3 rings (SSSR count). The Morgan fingerprint density at radius 2 is 2.47 bits per heavy atom. The van der Waals surface area contributed by atoms with Crippen LogP contribution < -0.4 is 0 Å². The van der Waals surface area contributed by atoms with Crippen LogP contribution >= 0.6 is 11.3 Å². The van der Waals surface area contributed by atoms with Gasteiger partial charge in [-0.15, -0.1) is 11.3 Å². The van der Waals surface area contributed by atoms with Gasteiger partial charge in [-0.05, 0) is 19.8 Å². The Labute approximate surface area is 115 Å². The number of aryl methyl sites for hydroxylation is 1. The van der Waals surface area contributed by atoms with Gasteiger partial charge in [0.25, 0.3) is 0 Å². The van der Waals surface area contributed by atoms with E-state index in [1.54, 1.807) is 11.3 Å². The summed E-state index contributed by atoms with van der Waals surface area (Å²) >= 11 is 1.56. The number of hydrogen-bond donors (Lipinski definition) is 1. The number of likely N-dealkylation sites (tertiary alicyclic amines) is 1. The van der Waals surface area contributed by atoms with Crippen molar-refractivity contribution < 1.29 is 9.90 Å². The average Bonchev–Trinajstić information content (AvgIpc) is 3.05. The SMILES string of the molecule is Cc1cn2c(CC(=O)N3CCCC3CO)csc2n1. The number of nitrogens with zero attached hydrogens (tertiary/aromatic N) is 3. The molecular formula is C13H17N3O2S. The van der Waals surface area contributed by atoms with Crippen LogP contribution in [0.15, 0.2) is 11.6 Å². The number of hydrogen-bond acceptors (Lipinski definition) is 4. The molecule has 1 unspecified atom stereocenters. The summed E-state index contributed by atoms with van der Waals surface area (Å²) in [5, 5.41) is 11.3. The van der Waals surface area contributed by atoms with Crippen molar-refractivity contribution in [1.29, 1.82) is 0 Å². The molecule has 0 bridgehead atoms. The standard InChI is InChI=1S/C13H17N3O2S/c1-9-6-16-11(8-19-13(16)14-9)5-12(18)15-4-2-3-10(15)7-17/h6,8,10,17H,2-5,7H2,1H3. The minimum absolute atomic E-state index is 0.00569. The van der Waals surface area contributed by atoms with Gasteiger partial charge in [0.1, 0.15) is 0 Å². The lowest BCUT2D eigenvalue weighted by atomic mass is 10.2. The van der Waals surface area contributed by atoms with E-state index in [1.165, 1.54) is 0 Å². The summed E-state index contributed by atoms with van der Waals surface area (Å²) in [7, 11) is 0. The van der Waals surface area contributed by atoms with E-state index in [2.05, 4.69) is 4.98 Å². The molecule has 0 radical (unpaired) electrons. The largest absolute Gasteiger partial charge is 0.394 e. The Kier molecular flexibility index (Phi) is 3.28. The fourth-order valence-electron chi connectivity index (χ4n) is 2.68. The summed E-state index contributed by atoms with van der Waals surface area (Å²) < 4.78 is 1.99. The van der Waals surface area contributed by atoms with Crippen LogP contribution in [-0.2, 0) is 11.2 Å². The normalized spacial score (nSPS) is 19.5. The van der Waals surface area contributed by atoms with Crippen molar-refractivity contribution >= 4 is 22.2 Å². The molecule has 2 aromatic heterocycles. The molecule has 2 aromatic rings. The van der Waals surface area contributed by atoms with E-state index in [0.717, 1.165) is 35.7 Å². The van der Waals surface area contributed by atoms with Crippen molar-refractivity contribution in [2.75, 3.05) is 13.2 Å². The summed E-state index contributed by atoms with van der Waals surface area (Å²) in [6, 6.07) is 0.00569. The number of rotatable bonds is 3. The van der Waals surface area contributed by atoms with Crippen LogP contribution in [0, 0.1) is 6.92 Å². The molecule has 0 spiro atoms. The summed E-state index contributed by atoms with van der Waals surface area (Å²) in [5.74, 6) is 0.0996. The van der Waals surface area contributed by atoms with E-state index in [1.807, 2.05) is 27.8 Å². The molecule has 0 saturated carbocycles. The van der Waals surface area contributed by atoms with Gasteiger partial charge in [0.05, 0.1) is 24.8 Å². The van der Waals surface area contributed by atoms with Gasteiger partial charge in [-0.3, -0.25) is 9.20 Å². The number of carbonyl (C=O) groups is 1. The van der Waals surface area contributed by atoms with E-state index in [0.29, 0.717) is 6.42 Å². The Hall–Kier alpha value is -1.40. The lowest BCUT2D eigenvalue weighted by Gasteiger charge is -2.22. The number of aliphatic hydroxyl groups excluding tert-OH is 1. The van der Waals surface area contributed by atoms with Gasteiger partial charge in [0, 0.05) is 23.8 Å². The van der Waals surface area contributed by atoms with Gasteiger partial charge in [0.15, 0.2) is 4.96 Å². The lowest BCUT2D eigenvalue weighted by Crippen LogP contribution is -2.38. The van der Waals surface area contributed by atoms with Crippen molar-refractivity contribution in [1.82, 2.24) is 14.3 Å². The van der Waals surface area contributed by atoms with Crippen LogP contribution in [0.2, 0.25) is 0 Å². The molecule has 1 saturated heterocycles. The first kappa shape index (κ1) is 12.6. The minimum atomic E-state index is 0.00569. The van der Waals surface area contributed by atoms with Crippen LogP contribution in [0.1, 0.15) is 24.2 Å². The molecule has 0 aliphatic carbocycles. The Balaban J connectivity index is 1.79. The smallest absolute Gasteiger partial charge is 0.228 e. The zero-order valence-corrected chi connectivity index (χ0v) is 11.7. The number of thiazole rings is 1. The van der Waals surface area contributed by atoms with Crippen LogP contribution in [0.4, 0.5) is 0 Å². The fourth-order valence-corrected chi connectivity index (χ4v) is 3.60. The van der Waals surface area contributed by atoms with E-state index >= 15 is 0 Å². The average molecular weight is 279 g/mol. The van der Waals surface area contributed by atoms with Crippen LogP contribution in [-0.4, -0.2) is 44.5 Å². The van der Waals surface area contributed by atoms with Crippen molar-refractivity contribution in [2.45, 2.75) is 32.2 Å². The molecule has 0 aromatic carbocycles. The summed E-state index contributed by atoms with van der Waals surface area (Å²) in [6.45, 7) is 2.78. The molecule has 6 heteroatoms. The van der Waals surface area contributed by atoms with Gasteiger partial charge in [-0.25, -0.2) is 4.98 Å². The molecule has 1 aliphatic heterocycles. The number of aliphatic hydroxyl groups is 1. The molecule has 1 fully saturated rings. The van der Waals surface area contributed by atoms with Crippen LogP contribution in [0.5, 0.6) is 0 Å². The molecule has 1 N–H and O–H groups in total. The van der Waals surface area contributed by atoms with Gasteiger partial charge in [0.2, 0.25) is 5.91 Å². The Morgan fingerprint density at radius 3 is 3.26 bits per heavy atom. The maximum Gasteiger partial charge on any atom is 0.228 e. The summed E-state index contributed by atoms with van der Waals surface area (Å²) in [5.41, 5.74) is 1.95. The number of amides is 1.